The summed E-state index contributed by atoms with van der Waals surface area (Å²) >= 11 is 0. The zero-order valence-electron chi connectivity index (χ0n) is 13.9. The maximum Gasteiger partial charge on any atom is 0.249 e. The van der Waals surface area contributed by atoms with Crippen molar-refractivity contribution < 1.29 is 9.32 Å². The number of nitrogens with zero attached hydrogens (tertiary/aromatic N) is 3. The number of rotatable bonds is 7. The van der Waals surface area contributed by atoms with E-state index in [1.54, 1.807) is 12.4 Å². The standard InChI is InChI=1S/C15H21N5O2.2ClH/c1-10(2)13(18-12(21)6-7-16-3)15-19-14(20-22-15)11-4-8-17-9-5-11;;/h4-5,8-10,13,16H,6-7H2,1-3H3,(H,18,21);2*1H. The van der Waals surface area contributed by atoms with Crippen LogP contribution in [0.15, 0.2) is 29.0 Å². The molecule has 0 bridgehead atoms. The number of hydrogen-bond acceptors (Lipinski definition) is 6. The molecule has 2 aromatic heterocycles. The van der Waals surface area contributed by atoms with Gasteiger partial charge in [0.05, 0.1) is 0 Å². The van der Waals surface area contributed by atoms with Crippen molar-refractivity contribution in [3.63, 3.8) is 0 Å². The molecule has 7 nitrogen and oxygen atoms in total. The van der Waals surface area contributed by atoms with Crippen LogP contribution in [0.2, 0.25) is 0 Å². The second-order valence-electron chi connectivity index (χ2n) is 5.33. The predicted octanol–water partition coefficient (Wildman–Crippen LogP) is 2.40. The second kappa shape index (κ2) is 11.0. The number of halogens is 2. The van der Waals surface area contributed by atoms with Crippen molar-refractivity contribution in [3.8, 4) is 11.4 Å². The van der Waals surface area contributed by atoms with Crippen LogP contribution in [-0.2, 0) is 4.79 Å². The van der Waals surface area contributed by atoms with Gasteiger partial charge in [-0.1, -0.05) is 19.0 Å². The lowest BCUT2D eigenvalue weighted by molar-refractivity contribution is -0.122. The van der Waals surface area contributed by atoms with E-state index in [2.05, 4.69) is 25.8 Å². The van der Waals surface area contributed by atoms with Crippen LogP contribution >= 0.6 is 24.8 Å². The highest BCUT2D eigenvalue weighted by atomic mass is 35.5. The van der Waals surface area contributed by atoms with E-state index in [1.807, 2.05) is 33.0 Å². The highest BCUT2D eigenvalue weighted by Crippen LogP contribution is 2.23. The van der Waals surface area contributed by atoms with Gasteiger partial charge in [-0.25, -0.2) is 0 Å². The van der Waals surface area contributed by atoms with Gasteiger partial charge in [-0.05, 0) is 25.1 Å². The molecule has 24 heavy (non-hydrogen) atoms. The molecule has 0 aliphatic heterocycles. The number of pyridine rings is 1. The minimum atomic E-state index is -0.299. The van der Waals surface area contributed by atoms with E-state index in [0.717, 1.165) is 5.56 Å². The van der Waals surface area contributed by atoms with Crippen LogP contribution in [0.25, 0.3) is 11.4 Å². The Bertz CT molecular complexity index is 607. The summed E-state index contributed by atoms with van der Waals surface area (Å²) in [5, 5.41) is 9.87. The Kier molecular flexibility index (Phi) is 10.2. The maximum atomic E-state index is 11.9. The van der Waals surface area contributed by atoms with Crippen molar-refractivity contribution in [1.82, 2.24) is 25.8 Å². The molecule has 0 saturated carbocycles. The largest absolute Gasteiger partial charge is 0.344 e. The SMILES string of the molecule is CNCCC(=O)NC(c1nc(-c2ccncc2)no1)C(C)C.Cl.Cl. The summed E-state index contributed by atoms with van der Waals surface area (Å²) in [7, 11) is 1.81. The third kappa shape index (κ3) is 6.07. The van der Waals surface area contributed by atoms with E-state index in [4.69, 9.17) is 4.52 Å². The van der Waals surface area contributed by atoms with Crippen molar-refractivity contribution in [1.29, 1.82) is 0 Å². The average molecular weight is 376 g/mol. The molecule has 2 rings (SSSR count). The van der Waals surface area contributed by atoms with Gasteiger partial charge in [0.1, 0.15) is 6.04 Å². The zero-order chi connectivity index (χ0) is 15.9. The van der Waals surface area contributed by atoms with Crippen molar-refractivity contribution in [2.24, 2.45) is 5.92 Å². The minimum Gasteiger partial charge on any atom is -0.344 e. The lowest BCUT2D eigenvalue weighted by Gasteiger charge is -2.18. The first-order valence-electron chi connectivity index (χ1n) is 7.29. The highest BCUT2D eigenvalue weighted by Gasteiger charge is 2.24. The monoisotopic (exact) mass is 375 g/mol. The van der Waals surface area contributed by atoms with Crippen molar-refractivity contribution in [3.05, 3.63) is 30.4 Å². The van der Waals surface area contributed by atoms with Crippen LogP contribution in [-0.4, -0.2) is 34.6 Å². The third-order valence-corrected chi connectivity index (χ3v) is 3.23. The minimum absolute atomic E-state index is 0. The third-order valence-electron chi connectivity index (χ3n) is 3.23. The van der Waals surface area contributed by atoms with Gasteiger partial charge in [0.15, 0.2) is 0 Å². The van der Waals surface area contributed by atoms with Crippen LogP contribution in [0.4, 0.5) is 0 Å². The van der Waals surface area contributed by atoms with Crippen molar-refractivity contribution >= 4 is 30.7 Å². The first kappa shape index (κ1) is 22.3. The summed E-state index contributed by atoms with van der Waals surface area (Å²) in [6.07, 6.45) is 3.75. The fraction of sp³-hybridized carbons (Fsp3) is 0.467. The first-order valence-corrected chi connectivity index (χ1v) is 7.29. The second-order valence-corrected chi connectivity index (χ2v) is 5.33. The smallest absolute Gasteiger partial charge is 0.249 e. The highest BCUT2D eigenvalue weighted by molar-refractivity contribution is 5.85. The summed E-state index contributed by atoms with van der Waals surface area (Å²) in [5.74, 6) is 1.01. The summed E-state index contributed by atoms with van der Waals surface area (Å²) < 4.78 is 5.34. The Morgan fingerprint density at radius 1 is 1.25 bits per heavy atom. The fourth-order valence-corrected chi connectivity index (χ4v) is 1.98. The maximum absolute atomic E-state index is 11.9. The van der Waals surface area contributed by atoms with Crippen LogP contribution < -0.4 is 10.6 Å². The van der Waals surface area contributed by atoms with E-state index in [0.29, 0.717) is 24.7 Å². The van der Waals surface area contributed by atoms with Crippen LogP contribution in [0.1, 0.15) is 32.2 Å². The normalized spacial score (nSPS) is 11.3. The van der Waals surface area contributed by atoms with Gasteiger partial charge in [0.25, 0.3) is 0 Å². The number of aromatic nitrogens is 3. The Morgan fingerprint density at radius 2 is 1.92 bits per heavy atom. The number of carbonyl (C=O) groups is 1. The van der Waals surface area contributed by atoms with E-state index < -0.39 is 0 Å². The molecule has 2 N–H and O–H groups in total. The fourth-order valence-electron chi connectivity index (χ4n) is 1.98. The van der Waals surface area contributed by atoms with Gasteiger partial charge < -0.3 is 15.2 Å². The van der Waals surface area contributed by atoms with Gasteiger partial charge in [-0.3, -0.25) is 9.78 Å². The molecule has 0 spiro atoms. The lowest BCUT2D eigenvalue weighted by Crippen LogP contribution is -2.33. The molecule has 134 valence electrons. The number of amides is 1. The zero-order valence-corrected chi connectivity index (χ0v) is 15.5. The molecule has 1 atom stereocenters. The molecule has 0 aliphatic rings. The average Bonchev–Trinajstić information content (AvgIpc) is 3.00. The molecular formula is C15H23Cl2N5O2. The Labute approximate surface area is 153 Å². The van der Waals surface area contributed by atoms with Crippen LogP contribution in [0.5, 0.6) is 0 Å². The van der Waals surface area contributed by atoms with Gasteiger partial charge in [-0.2, -0.15) is 4.98 Å². The summed E-state index contributed by atoms with van der Waals surface area (Å²) in [6, 6.07) is 3.32. The Hall–Kier alpha value is -1.70. The Morgan fingerprint density at radius 3 is 2.50 bits per heavy atom. The van der Waals surface area contributed by atoms with E-state index in [1.165, 1.54) is 0 Å². The van der Waals surface area contributed by atoms with Gasteiger partial charge in [0, 0.05) is 30.9 Å². The summed E-state index contributed by atoms with van der Waals surface area (Å²) in [6.45, 7) is 4.63. The molecule has 0 aliphatic carbocycles. The molecule has 1 amide bonds. The molecule has 0 radical (unpaired) electrons. The van der Waals surface area contributed by atoms with Crippen LogP contribution in [0, 0.1) is 5.92 Å². The number of hydrogen-bond donors (Lipinski definition) is 2. The predicted molar refractivity (Wildman–Crippen MR) is 96.3 cm³/mol. The van der Waals surface area contributed by atoms with Gasteiger partial charge in [-0.15, -0.1) is 24.8 Å². The molecular weight excluding hydrogens is 353 g/mol. The molecule has 2 heterocycles. The quantitative estimate of drug-likeness (QED) is 0.771. The number of nitrogens with one attached hydrogen (secondary N) is 2. The molecule has 0 fully saturated rings. The van der Waals surface area contributed by atoms with E-state index in [9.17, 15) is 4.79 Å². The first-order chi connectivity index (χ1) is 10.6. The summed E-state index contributed by atoms with van der Waals surface area (Å²) in [5.41, 5.74) is 0.828. The molecule has 0 saturated heterocycles. The number of carbonyl (C=O) groups excluding carboxylic acids is 1. The molecule has 0 aromatic carbocycles. The van der Waals surface area contributed by atoms with Crippen LogP contribution in [0.3, 0.4) is 0 Å². The molecule has 9 heteroatoms. The topological polar surface area (TPSA) is 92.9 Å². The lowest BCUT2D eigenvalue weighted by atomic mass is 10.0. The molecule has 1 unspecified atom stereocenters. The van der Waals surface area contributed by atoms with E-state index >= 15 is 0 Å². The van der Waals surface area contributed by atoms with E-state index in [-0.39, 0.29) is 42.7 Å². The van der Waals surface area contributed by atoms with Gasteiger partial charge in [0.2, 0.25) is 17.6 Å². The van der Waals surface area contributed by atoms with Crippen molar-refractivity contribution in [2.75, 3.05) is 13.6 Å². The summed E-state index contributed by atoms with van der Waals surface area (Å²) in [4.78, 5) is 20.3. The Balaban J connectivity index is 0.00000264. The van der Waals surface area contributed by atoms with Gasteiger partial charge >= 0.3 is 0 Å². The molecule has 2 aromatic rings. The van der Waals surface area contributed by atoms with Crippen molar-refractivity contribution in [2.45, 2.75) is 26.3 Å².